The predicted molar refractivity (Wildman–Crippen MR) is 56.6 cm³/mol. The van der Waals surface area contributed by atoms with Crippen LogP contribution in [0.25, 0.3) is 0 Å². The maximum Gasteiger partial charge on any atom is 0.164 e. The van der Waals surface area contributed by atoms with E-state index in [1.54, 1.807) is 0 Å². The van der Waals surface area contributed by atoms with Crippen LogP contribution in [0.1, 0.15) is 11.1 Å². The molecule has 1 heterocycles. The van der Waals surface area contributed by atoms with Gasteiger partial charge in [-0.3, -0.25) is 0 Å². The number of aryl methyl sites for hydroxylation is 1. The van der Waals surface area contributed by atoms with Gasteiger partial charge >= 0.3 is 0 Å². The highest BCUT2D eigenvalue weighted by atomic mass is 31.2. The van der Waals surface area contributed by atoms with Crippen molar-refractivity contribution in [3.05, 3.63) is 29.3 Å². The SMILES string of the molecule is C=P1(C)OCc2c(C)cccc2O1. The molecule has 0 saturated carbocycles. The number of hydrogen-bond donors (Lipinski definition) is 0. The fourth-order valence-corrected chi connectivity index (χ4v) is 2.42. The molecule has 0 aliphatic carbocycles. The Labute approximate surface area is 78.6 Å². The monoisotopic (exact) mass is 196 g/mol. The maximum atomic E-state index is 5.68. The molecule has 0 radical (unpaired) electrons. The molecule has 2 rings (SSSR count). The highest BCUT2D eigenvalue weighted by molar-refractivity contribution is 7.64. The van der Waals surface area contributed by atoms with E-state index in [0.717, 1.165) is 11.3 Å². The first-order valence-electron chi connectivity index (χ1n) is 4.22. The molecule has 1 atom stereocenters. The Balaban J connectivity index is 2.48. The summed E-state index contributed by atoms with van der Waals surface area (Å²) in [6.07, 6.45) is 3.92. The third kappa shape index (κ3) is 1.65. The quantitative estimate of drug-likeness (QED) is 0.594. The summed E-state index contributed by atoms with van der Waals surface area (Å²) in [7, 11) is -1.84. The van der Waals surface area contributed by atoms with E-state index in [-0.39, 0.29) is 0 Å². The molecule has 70 valence electrons. The minimum absolute atomic E-state index is 0.635. The molecular weight excluding hydrogens is 183 g/mol. The summed E-state index contributed by atoms with van der Waals surface area (Å²) < 4.78 is 11.2. The fraction of sp³-hybridized carbons (Fsp3) is 0.300. The van der Waals surface area contributed by atoms with Gasteiger partial charge in [-0.1, -0.05) is 12.1 Å². The minimum Gasteiger partial charge on any atom is -0.453 e. The van der Waals surface area contributed by atoms with Gasteiger partial charge in [0.1, 0.15) is 5.75 Å². The zero-order valence-corrected chi connectivity index (χ0v) is 8.80. The van der Waals surface area contributed by atoms with Crippen molar-refractivity contribution in [2.75, 3.05) is 6.66 Å². The van der Waals surface area contributed by atoms with E-state index in [9.17, 15) is 0 Å². The van der Waals surface area contributed by atoms with Crippen LogP contribution in [-0.4, -0.2) is 13.0 Å². The Kier molecular flexibility index (Phi) is 1.98. The topological polar surface area (TPSA) is 18.5 Å². The molecule has 0 saturated heterocycles. The van der Waals surface area contributed by atoms with Gasteiger partial charge in [0, 0.05) is 12.2 Å². The van der Waals surface area contributed by atoms with Gasteiger partial charge < -0.3 is 9.05 Å². The van der Waals surface area contributed by atoms with Crippen molar-refractivity contribution < 1.29 is 9.05 Å². The molecule has 0 fully saturated rings. The van der Waals surface area contributed by atoms with Crippen LogP contribution in [0.15, 0.2) is 18.2 Å². The average molecular weight is 196 g/mol. The van der Waals surface area contributed by atoms with E-state index in [0.29, 0.717) is 6.61 Å². The van der Waals surface area contributed by atoms with E-state index < -0.39 is 7.34 Å². The van der Waals surface area contributed by atoms with Gasteiger partial charge in [0.15, 0.2) is 7.34 Å². The molecule has 0 amide bonds. The molecule has 1 aliphatic rings. The lowest BCUT2D eigenvalue weighted by atomic mass is 10.1. The van der Waals surface area contributed by atoms with Gasteiger partial charge in [-0.2, -0.15) is 0 Å². The largest absolute Gasteiger partial charge is 0.453 e. The van der Waals surface area contributed by atoms with Crippen molar-refractivity contribution in [1.29, 1.82) is 0 Å². The van der Waals surface area contributed by atoms with Gasteiger partial charge in [-0.15, -0.1) is 0 Å². The van der Waals surface area contributed by atoms with Crippen molar-refractivity contribution in [2.24, 2.45) is 0 Å². The molecule has 0 N–H and O–H groups in total. The summed E-state index contributed by atoms with van der Waals surface area (Å²) in [6, 6.07) is 6.05. The van der Waals surface area contributed by atoms with Crippen LogP contribution < -0.4 is 4.52 Å². The first-order chi connectivity index (χ1) is 6.08. The van der Waals surface area contributed by atoms with Crippen LogP contribution in [0, 0.1) is 6.92 Å². The Morgan fingerprint density at radius 3 is 3.00 bits per heavy atom. The van der Waals surface area contributed by atoms with Crippen LogP contribution in [0.2, 0.25) is 0 Å². The molecule has 1 aromatic carbocycles. The summed E-state index contributed by atoms with van der Waals surface area (Å²) in [6.45, 7) is 4.63. The highest BCUT2D eigenvalue weighted by Gasteiger charge is 2.20. The van der Waals surface area contributed by atoms with Crippen LogP contribution in [0.3, 0.4) is 0 Å². The van der Waals surface area contributed by atoms with Crippen molar-refractivity contribution in [3.8, 4) is 5.75 Å². The van der Waals surface area contributed by atoms with Crippen molar-refractivity contribution in [2.45, 2.75) is 13.5 Å². The van der Waals surface area contributed by atoms with E-state index in [1.807, 2.05) is 18.8 Å². The standard InChI is InChI=1S/C10H13O2P/c1-8-5-4-6-10-9(8)7-11-13(2,3)12-10/h4-6H,2,7H2,1,3H3. The fourth-order valence-electron chi connectivity index (χ4n) is 1.38. The maximum absolute atomic E-state index is 5.68. The molecule has 1 aromatic rings. The summed E-state index contributed by atoms with van der Waals surface area (Å²) in [5, 5.41) is 0. The van der Waals surface area contributed by atoms with Crippen molar-refractivity contribution in [3.63, 3.8) is 0 Å². The molecular formula is C10H13O2P. The average Bonchev–Trinajstić information content (AvgIpc) is 2.02. The normalized spacial score (nSPS) is 26.3. The van der Waals surface area contributed by atoms with Gasteiger partial charge in [-0.05, 0) is 24.9 Å². The van der Waals surface area contributed by atoms with Gasteiger partial charge in [0.25, 0.3) is 0 Å². The van der Waals surface area contributed by atoms with E-state index in [4.69, 9.17) is 9.05 Å². The second-order valence-electron chi connectivity index (χ2n) is 3.43. The highest BCUT2D eigenvalue weighted by Crippen LogP contribution is 2.50. The van der Waals surface area contributed by atoms with Crippen LogP contribution >= 0.6 is 7.34 Å². The molecule has 3 heteroatoms. The lowest BCUT2D eigenvalue weighted by Gasteiger charge is -2.28. The summed E-state index contributed by atoms with van der Waals surface area (Å²) in [4.78, 5) is 0. The Morgan fingerprint density at radius 2 is 2.23 bits per heavy atom. The molecule has 2 nitrogen and oxygen atoms in total. The lowest BCUT2D eigenvalue weighted by molar-refractivity contribution is 0.276. The van der Waals surface area contributed by atoms with E-state index >= 15 is 0 Å². The third-order valence-corrected chi connectivity index (χ3v) is 3.40. The Hall–Kier alpha value is -0.720. The van der Waals surface area contributed by atoms with Crippen molar-refractivity contribution >= 4 is 13.6 Å². The predicted octanol–water partition coefficient (Wildman–Crippen LogP) is 2.81. The van der Waals surface area contributed by atoms with Crippen LogP contribution in [0.4, 0.5) is 0 Å². The second-order valence-corrected chi connectivity index (χ2v) is 5.90. The second kappa shape index (κ2) is 2.90. The first kappa shape index (κ1) is 8.86. The number of rotatable bonds is 0. The van der Waals surface area contributed by atoms with Crippen molar-refractivity contribution in [1.82, 2.24) is 0 Å². The molecule has 1 unspecified atom stereocenters. The molecule has 0 aromatic heterocycles. The number of hydrogen-bond acceptors (Lipinski definition) is 2. The molecule has 0 bridgehead atoms. The van der Waals surface area contributed by atoms with Crippen LogP contribution in [-0.2, 0) is 11.1 Å². The number of fused-ring (bicyclic) bond motifs is 1. The Bertz CT molecular complexity index is 385. The van der Waals surface area contributed by atoms with Gasteiger partial charge in [0.2, 0.25) is 0 Å². The molecule has 13 heavy (non-hydrogen) atoms. The lowest BCUT2D eigenvalue weighted by Crippen LogP contribution is -2.07. The Morgan fingerprint density at radius 1 is 1.46 bits per heavy atom. The summed E-state index contributed by atoms with van der Waals surface area (Å²) >= 11 is 0. The summed E-state index contributed by atoms with van der Waals surface area (Å²) in [5.74, 6) is 0.942. The first-order valence-corrected chi connectivity index (χ1v) is 6.48. The molecule has 1 aliphatic heterocycles. The van der Waals surface area contributed by atoms with Crippen LogP contribution in [0.5, 0.6) is 5.75 Å². The minimum atomic E-state index is -1.84. The van der Waals surface area contributed by atoms with E-state index in [2.05, 4.69) is 19.3 Å². The third-order valence-electron chi connectivity index (χ3n) is 2.14. The van der Waals surface area contributed by atoms with E-state index in [1.165, 1.54) is 5.56 Å². The number of benzene rings is 1. The summed E-state index contributed by atoms with van der Waals surface area (Å²) in [5.41, 5.74) is 2.38. The van der Waals surface area contributed by atoms with Gasteiger partial charge in [0.05, 0.1) is 6.61 Å². The molecule has 0 spiro atoms. The zero-order valence-electron chi connectivity index (χ0n) is 7.91. The van der Waals surface area contributed by atoms with Gasteiger partial charge in [-0.25, -0.2) is 0 Å². The zero-order chi connectivity index (χ0) is 9.47. The smallest absolute Gasteiger partial charge is 0.164 e.